The fraction of sp³-hybridized carbons (Fsp3) is 0.400. The number of nitrogens with one attached hydrogen (secondary N) is 1. The molecule has 1 aliphatic rings. The highest BCUT2D eigenvalue weighted by Gasteiger charge is 2.26. The molecule has 1 atom stereocenters. The van der Waals surface area contributed by atoms with E-state index in [-0.39, 0.29) is 11.9 Å². The molecule has 1 aliphatic heterocycles. The maximum absolute atomic E-state index is 12.1. The Labute approximate surface area is 132 Å². The molecular weight excluding hydrogens is 308 g/mol. The first-order chi connectivity index (χ1) is 10.2. The first-order valence-electron chi connectivity index (χ1n) is 7.05. The number of thiophene rings is 1. The number of hydrogen-bond donors (Lipinski definition) is 1. The molecule has 1 fully saturated rings. The van der Waals surface area contributed by atoms with Crippen LogP contribution in [0.1, 0.15) is 34.3 Å². The zero-order chi connectivity index (χ0) is 14.7. The maximum atomic E-state index is 12.1. The van der Waals surface area contributed by atoms with Gasteiger partial charge in [0.05, 0.1) is 21.5 Å². The second-order valence-corrected chi connectivity index (χ2v) is 6.80. The van der Waals surface area contributed by atoms with E-state index >= 15 is 0 Å². The van der Waals surface area contributed by atoms with Gasteiger partial charge in [0, 0.05) is 6.54 Å². The van der Waals surface area contributed by atoms with Crippen LogP contribution < -0.4 is 5.32 Å². The summed E-state index contributed by atoms with van der Waals surface area (Å²) in [6, 6.07) is 7.45. The van der Waals surface area contributed by atoms with E-state index in [2.05, 4.69) is 10.2 Å². The van der Waals surface area contributed by atoms with Gasteiger partial charge < -0.3 is 9.73 Å². The number of nitrogens with zero attached hydrogens (tertiary/aromatic N) is 1. The van der Waals surface area contributed by atoms with Crippen molar-refractivity contribution in [1.82, 2.24) is 10.2 Å². The lowest BCUT2D eigenvalue weighted by atomic mass is 10.2. The second-order valence-electron chi connectivity index (χ2n) is 5.09. The van der Waals surface area contributed by atoms with Gasteiger partial charge in [-0.2, -0.15) is 0 Å². The highest BCUT2D eigenvalue weighted by atomic mass is 35.5. The lowest BCUT2D eigenvalue weighted by molar-refractivity contribution is 0.0938. The van der Waals surface area contributed by atoms with E-state index in [4.69, 9.17) is 16.0 Å². The van der Waals surface area contributed by atoms with E-state index in [0.717, 1.165) is 18.8 Å². The van der Waals surface area contributed by atoms with Crippen molar-refractivity contribution in [3.8, 4) is 0 Å². The topological polar surface area (TPSA) is 45.5 Å². The molecule has 0 bridgehead atoms. The molecule has 6 heteroatoms. The molecule has 1 saturated heterocycles. The van der Waals surface area contributed by atoms with Crippen molar-refractivity contribution < 1.29 is 9.21 Å². The number of hydrogen-bond acceptors (Lipinski definition) is 4. The Bertz CT molecular complexity index is 591. The summed E-state index contributed by atoms with van der Waals surface area (Å²) in [4.78, 5) is 15.1. The van der Waals surface area contributed by atoms with Gasteiger partial charge in [0.1, 0.15) is 5.76 Å². The van der Waals surface area contributed by atoms with Crippen LogP contribution in [0.4, 0.5) is 0 Å². The maximum Gasteiger partial charge on any atom is 0.261 e. The van der Waals surface area contributed by atoms with E-state index in [1.54, 1.807) is 18.4 Å². The number of carbonyl (C=O) groups is 1. The average Bonchev–Trinajstić information content (AvgIpc) is 3.21. The van der Waals surface area contributed by atoms with Gasteiger partial charge in [-0.05, 0) is 50.2 Å². The summed E-state index contributed by atoms with van der Waals surface area (Å²) < 4.78 is 6.17. The molecule has 2 aromatic heterocycles. The predicted molar refractivity (Wildman–Crippen MR) is 83.9 cm³/mol. The quantitative estimate of drug-likeness (QED) is 0.914. The van der Waals surface area contributed by atoms with Crippen LogP contribution in [0.5, 0.6) is 0 Å². The molecule has 0 radical (unpaired) electrons. The minimum absolute atomic E-state index is 0.0809. The largest absolute Gasteiger partial charge is 0.468 e. The first kappa shape index (κ1) is 14.6. The van der Waals surface area contributed by atoms with Crippen molar-refractivity contribution >= 4 is 28.8 Å². The van der Waals surface area contributed by atoms with Crippen molar-refractivity contribution in [3.63, 3.8) is 0 Å². The summed E-state index contributed by atoms with van der Waals surface area (Å²) in [6.07, 6.45) is 4.08. The molecule has 0 aromatic carbocycles. The van der Waals surface area contributed by atoms with Crippen LogP contribution in [-0.2, 0) is 0 Å². The second kappa shape index (κ2) is 6.64. The van der Waals surface area contributed by atoms with Crippen molar-refractivity contribution in [2.75, 3.05) is 19.6 Å². The van der Waals surface area contributed by atoms with E-state index in [9.17, 15) is 4.79 Å². The smallest absolute Gasteiger partial charge is 0.261 e. The SMILES string of the molecule is O=C(NC[C@@H](c1ccco1)N1CCCC1)c1ccc(Cl)s1. The normalized spacial score (nSPS) is 17.0. The highest BCUT2D eigenvalue weighted by molar-refractivity contribution is 7.17. The van der Waals surface area contributed by atoms with Gasteiger partial charge in [-0.25, -0.2) is 0 Å². The predicted octanol–water partition coefficient (Wildman–Crippen LogP) is 3.56. The number of halogens is 1. The summed E-state index contributed by atoms with van der Waals surface area (Å²) >= 11 is 7.16. The molecule has 21 heavy (non-hydrogen) atoms. The fourth-order valence-electron chi connectivity index (χ4n) is 2.66. The molecule has 1 N–H and O–H groups in total. The molecule has 2 aromatic rings. The first-order valence-corrected chi connectivity index (χ1v) is 8.24. The van der Waals surface area contributed by atoms with Gasteiger partial charge in [0.25, 0.3) is 5.91 Å². The number of likely N-dealkylation sites (tertiary alicyclic amines) is 1. The number of carbonyl (C=O) groups excluding carboxylic acids is 1. The lowest BCUT2D eigenvalue weighted by Gasteiger charge is -2.25. The van der Waals surface area contributed by atoms with Crippen LogP contribution in [0, 0.1) is 0 Å². The zero-order valence-corrected chi connectivity index (χ0v) is 13.1. The van der Waals surface area contributed by atoms with E-state index in [1.165, 1.54) is 24.2 Å². The molecular formula is C15H17ClN2O2S. The summed E-state index contributed by atoms with van der Waals surface area (Å²) in [5.74, 6) is 0.823. The Morgan fingerprint density at radius 1 is 1.38 bits per heavy atom. The van der Waals surface area contributed by atoms with Gasteiger partial charge in [-0.15, -0.1) is 11.3 Å². The van der Waals surface area contributed by atoms with Gasteiger partial charge in [0.15, 0.2) is 0 Å². The van der Waals surface area contributed by atoms with Crippen molar-refractivity contribution in [3.05, 3.63) is 45.5 Å². The van der Waals surface area contributed by atoms with Crippen LogP contribution in [0.15, 0.2) is 34.9 Å². The molecule has 1 amide bonds. The standard InChI is InChI=1S/C15H17ClN2O2S/c16-14-6-5-13(21-14)15(19)17-10-11(12-4-3-9-20-12)18-7-1-2-8-18/h3-6,9,11H,1-2,7-8,10H2,(H,17,19)/t11-/m0/s1. The van der Waals surface area contributed by atoms with E-state index in [1.807, 2.05) is 12.1 Å². The Morgan fingerprint density at radius 3 is 2.81 bits per heavy atom. The number of furan rings is 1. The Hall–Kier alpha value is -1.30. The van der Waals surface area contributed by atoms with Crippen LogP contribution in [0.25, 0.3) is 0 Å². The molecule has 0 spiro atoms. The Balaban J connectivity index is 1.66. The summed E-state index contributed by atoms with van der Waals surface area (Å²) in [6.45, 7) is 2.64. The monoisotopic (exact) mass is 324 g/mol. The Kier molecular flexibility index (Phi) is 4.63. The van der Waals surface area contributed by atoms with Gasteiger partial charge in [-0.1, -0.05) is 11.6 Å². The molecule has 4 nitrogen and oxygen atoms in total. The fourth-order valence-corrected chi connectivity index (χ4v) is 3.62. The van der Waals surface area contributed by atoms with Gasteiger partial charge >= 0.3 is 0 Å². The zero-order valence-electron chi connectivity index (χ0n) is 11.5. The molecule has 112 valence electrons. The van der Waals surface area contributed by atoms with Crippen LogP contribution in [-0.4, -0.2) is 30.4 Å². The van der Waals surface area contributed by atoms with Gasteiger partial charge in [-0.3, -0.25) is 9.69 Å². The van der Waals surface area contributed by atoms with Crippen molar-refractivity contribution in [2.24, 2.45) is 0 Å². The lowest BCUT2D eigenvalue weighted by Crippen LogP contribution is -2.36. The Morgan fingerprint density at radius 2 is 2.19 bits per heavy atom. The number of rotatable bonds is 5. The minimum atomic E-state index is -0.0809. The highest BCUT2D eigenvalue weighted by Crippen LogP contribution is 2.25. The van der Waals surface area contributed by atoms with Crippen LogP contribution in [0.2, 0.25) is 4.34 Å². The van der Waals surface area contributed by atoms with Crippen molar-refractivity contribution in [1.29, 1.82) is 0 Å². The molecule has 0 saturated carbocycles. The van der Waals surface area contributed by atoms with Crippen molar-refractivity contribution in [2.45, 2.75) is 18.9 Å². The number of amides is 1. The third-order valence-corrected chi connectivity index (χ3v) is 4.94. The molecule has 3 heterocycles. The summed E-state index contributed by atoms with van der Waals surface area (Å²) in [5.41, 5.74) is 0. The van der Waals surface area contributed by atoms with Crippen LogP contribution >= 0.6 is 22.9 Å². The van der Waals surface area contributed by atoms with E-state index in [0.29, 0.717) is 15.8 Å². The molecule has 3 rings (SSSR count). The van der Waals surface area contributed by atoms with Crippen LogP contribution in [0.3, 0.4) is 0 Å². The van der Waals surface area contributed by atoms with E-state index < -0.39 is 0 Å². The molecule has 0 aliphatic carbocycles. The minimum Gasteiger partial charge on any atom is -0.468 e. The third-order valence-electron chi connectivity index (χ3n) is 3.71. The molecule has 0 unspecified atom stereocenters. The summed E-state index contributed by atoms with van der Waals surface area (Å²) in [5, 5.41) is 2.99. The third kappa shape index (κ3) is 3.48. The average molecular weight is 325 g/mol. The summed E-state index contributed by atoms with van der Waals surface area (Å²) in [7, 11) is 0. The van der Waals surface area contributed by atoms with Gasteiger partial charge in [0.2, 0.25) is 0 Å².